The number of benzene rings is 1. The first kappa shape index (κ1) is 15.2. The lowest BCUT2D eigenvalue weighted by atomic mass is 10.0. The molecule has 4 rings (SSSR count). The van der Waals surface area contributed by atoms with Gasteiger partial charge in [-0.2, -0.15) is 0 Å². The van der Waals surface area contributed by atoms with E-state index in [0.717, 1.165) is 5.56 Å². The summed E-state index contributed by atoms with van der Waals surface area (Å²) in [5.41, 5.74) is 3.87. The number of hydroxylamine groups is 1. The van der Waals surface area contributed by atoms with E-state index in [2.05, 4.69) is 10.5 Å². The number of carbonyl (C=O) groups excluding carboxylic acids is 1. The Hall–Kier alpha value is -2.31. The highest BCUT2D eigenvalue weighted by Crippen LogP contribution is 2.31. The smallest absolute Gasteiger partial charge is 0.270 e. The predicted molar refractivity (Wildman–Crippen MR) is 90.9 cm³/mol. The largest absolute Gasteiger partial charge is 0.357 e. The minimum Gasteiger partial charge on any atom is -0.357 e. The van der Waals surface area contributed by atoms with Crippen LogP contribution in [0.1, 0.15) is 28.9 Å². The summed E-state index contributed by atoms with van der Waals surface area (Å²) in [5.74, 6) is 0.721. The maximum Gasteiger partial charge on any atom is 0.270 e. The average molecular weight is 345 g/mol. The van der Waals surface area contributed by atoms with Gasteiger partial charge in [-0.1, -0.05) is 11.6 Å². The molecule has 7 heteroatoms. The lowest BCUT2D eigenvalue weighted by Crippen LogP contribution is -2.46. The lowest BCUT2D eigenvalue weighted by Gasteiger charge is -2.35. The maximum absolute atomic E-state index is 12.4. The summed E-state index contributed by atoms with van der Waals surface area (Å²) in [4.78, 5) is 27.7. The summed E-state index contributed by atoms with van der Waals surface area (Å²) < 4.78 is 0. The van der Waals surface area contributed by atoms with Gasteiger partial charge in [0.1, 0.15) is 5.69 Å². The second-order valence-electron chi connectivity index (χ2n) is 5.99. The van der Waals surface area contributed by atoms with Crippen molar-refractivity contribution >= 4 is 23.3 Å². The van der Waals surface area contributed by atoms with Crippen LogP contribution in [0.4, 0.5) is 0 Å². The molecular formula is C17H17ClN4O2. The first-order valence-electron chi connectivity index (χ1n) is 7.88. The summed E-state index contributed by atoms with van der Waals surface area (Å²) in [6, 6.07) is 11.1. The maximum atomic E-state index is 12.4. The lowest BCUT2D eigenvalue weighted by molar-refractivity contribution is -0.0850. The van der Waals surface area contributed by atoms with Crippen LogP contribution in [0.5, 0.6) is 0 Å². The van der Waals surface area contributed by atoms with Gasteiger partial charge in [-0.05, 0) is 36.4 Å². The van der Waals surface area contributed by atoms with E-state index in [0.29, 0.717) is 42.5 Å². The molecule has 0 aliphatic carbocycles. The third-order valence-electron chi connectivity index (χ3n) is 4.43. The quantitative estimate of drug-likeness (QED) is 0.879. The van der Waals surface area contributed by atoms with Gasteiger partial charge in [0.15, 0.2) is 11.6 Å². The van der Waals surface area contributed by atoms with E-state index in [4.69, 9.17) is 21.4 Å². The zero-order valence-electron chi connectivity index (χ0n) is 13.0. The van der Waals surface area contributed by atoms with Crippen molar-refractivity contribution in [1.82, 2.24) is 15.4 Å². The Labute approximate surface area is 144 Å². The number of amidine groups is 1. The van der Waals surface area contributed by atoms with Gasteiger partial charge in [0.25, 0.3) is 5.91 Å². The minimum absolute atomic E-state index is 0.0164. The summed E-state index contributed by atoms with van der Waals surface area (Å²) in [6.07, 6.45) is 3.07. The molecule has 1 fully saturated rings. The van der Waals surface area contributed by atoms with E-state index >= 15 is 0 Å². The predicted octanol–water partition coefficient (Wildman–Crippen LogP) is 2.58. The number of halogens is 1. The number of aromatic nitrogens is 1. The van der Waals surface area contributed by atoms with Crippen LogP contribution in [0.15, 0.2) is 47.6 Å². The van der Waals surface area contributed by atoms with E-state index in [1.54, 1.807) is 12.3 Å². The summed E-state index contributed by atoms with van der Waals surface area (Å²) >= 11 is 5.92. The fraction of sp³-hybridized carbons (Fsp3) is 0.294. The summed E-state index contributed by atoms with van der Waals surface area (Å²) in [7, 11) is 0. The summed E-state index contributed by atoms with van der Waals surface area (Å²) in [5, 5.41) is 0.684. The van der Waals surface area contributed by atoms with Crippen molar-refractivity contribution in [1.29, 1.82) is 0 Å². The van der Waals surface area contributed by atoms with Gasteiger partial charge >= 0.3 is 0 Å². The van der Waals surface area contributed by atoms with Gasteiger partial charge in [0.2, 0.25) is 0 Å². The molecule has 0 atom stereocenters. The van der Waals surface area contributed by atoms with Gasteiger partial charge in [0, 0.05) is 42.7 Å². The third-order valence-corrected chi connectivity index (χ3v) is 4.68. The van der Waals surface area contributed by atoms with Crippen molar-refractivity contribution in [3.8, 4) is 0 Å². The number of hydrogen-bond donors (Lipinski definition) is 2. The molecule has 2 N–H and O–H groups in total. The number of piperidine rings is 1. The Kier molecular flexibility index (Phi) is 3.78. The van der Waals surface area contributed by atoms with Crippen LogP contribution in [0.25, 0.3) is 0 Å². The monoisotopic (exact) mass is 344 g/mol. The molecule has 0 radical (unpaired) electrons. The molecule has 1 spiro atoms. The normalized spacial score (nSPS) is 19.2. The second kappa shape index (κ2) is 5.96. The van der Waals surface area contributed by atoms with Gasteiger partial charge in [-0.25, -0.2) is 15.3 Å². The number of likely N-dealkylation sites (tertiary alicyclic amines) is 1. The Bertz CT molecular complexity index is 762. The van der Waals surface area contributed by atoms with E-state index in [9.17, 15) is 4.79 Å². The Balaban J connectivity index is 1.45. The molecular weight excluding hydrogens is 328 g/mol. The number of aliphatic imine (C=N–C) groups is 1. The molecule has 2 aliphatic rings. The Morgan fingerprint density at radius 2 is 1.96 bits per heavy atom. The van der Waals surface area contributed by atoms with Crippen LogP contribution >= 0.6 is 11.6 Å². The number of carbonyl (C=O) groups is 1. The van der Waals surface area contributed by atoms with Crippen LogP contribution in [0.3, 0.4) is 0 Å². The molecule has 6 nitrogen and oxygen atoms in total. The number of rotatable bonds is 2. The number of nitrogens with zero attached hydrogens (tertiary/aromatic N) is 2. The van der Waals surface area contributed by atoms with Crippen LogP contribution in [-0.4, -0.2) is 40.4 Å². The SMILES string of the molecule is O=C(c1ccc[nH]1)N1CCC2(CC1)N=C(c1ccc(Cl)cc1)NO2. The van der Waals surface area contributed by atoms with Crippen molar-refractivity contribution in [2.45, 2.75) is 18.6 Å². The number of aromatic amines is 1. The van der Waals surface area contributed by atoms with Gasteiger partial charge in [0.05, 0.1) is 0 Å². The highest BCUT2D eigenvalue weighted by atomic mass is 35.5. The molecule has 2 aromatic rings. The molecule has 0 saturated carbocycles. The number of hydrogen-bond acceptors (Lipinski definition) is 4. The van der Waals surface area contributed by atoms with Crippen molar-refractivity contribution in [3.63, 3.8) is 0 Å². The molecule has 1 saturated heterocycles. The van der Waals surface area contributed by atoms with E-state index in [1.165, 1.54) is 0 Å². The van der Waals surface area contributed by atoms with E-state index in [-0.39, 0.29) is 5.91 Å². The highest BCUT2D eigenvalue weighted by molar-refractivity contribution is 6.30. The zero-order valence-corrected chi connectivity index (χ0v) is 13.7. The minimum atomic E-state index is -0.596. The number of H-pyrrole nitrogens is 1. The zero-order chi connectivity index (χ0) is 16.6. The number of nitrogens with one attached hydrogen (secondary N) is 2. The first-order valence-corrected chi connectivity index (χ1v) is 8.26. The Morgan fingerprint density at radius 1 is 1.21 bits per heavy atom. The topological polar surface area (TPSA) is 69.7 Å². The Morgan fingerprint density at radius 3 is 2.62 bits per heavy atom. The molecule has 3 heterocycles. The second-order valence-corrected chi connectivity index (χ2v) is 6.43. The first-order chi connectivity index (χ1) is 11.7. The van der Waals surface area contributed by atoms with Crippen LogP contribution in [0.2, 0.25) is 5.02 Å². The van der Waals surface area contributed by atoms with Crippen LogP contribution in [-0.2, 0) is 4.84 Å². The van der Waals surface area contributed by atoms with Crippen LogP contribution in [0, 0.1) is 0 Å². The standard InChI is InChI=1S/C17H17ClN4O2/c18-13-5-3-12(4-6-13)15-20-17(24-21-15)7-10-22(11-8-17)16(23)14-2-1-9-19-14/h1-6,9,19H,7-8,10-11H2,(H,20,21). The third kappa shape index (κ3) is 2.79. The van der Waals surface area contributed by atoms with Crippen molar-refractivity contribution in [2.24, 2.45) is 4.99 Å². The molecule has 0 bridgehead atoms. The molecule has 124 valence electrons. The molecule has 2 aliphatic heterocycles. The van der Waals surface area contributed by atoms with E-state index < -0.39 is 5.72 Å². The highest BCUT2D eigenvalue weighted by Gasteiger charge is 2.41. The molecule has 24 heavy (non-hydrogen) atoms. The molecule has 1 aromatic heterocycles. The van der Waals surface area contributed by atoms with Gasteiger partial charge < -0.3 is 9.88 Å². The molecule has 0 unspecified atom stereocenters. The van der Waals surface area contributed by atoms with Gasteiger partial charge in [-0.3, -0.25) is 4.79 Å². The molecule has 1 aromatic carbocycles. The van der Waals surface area contributed by atoms with Crippen molar-refractivity contribution in [2.75, 3.05) is 13.1 Å². The molecule has 1 amide bonds. The van der Waals surface area contributed by atoms with E-state index in [1.807, 2.05) is 35.2 Å². The van der Waals surface area contributed by atoms with Gasteiger partial charge in [-0.15, -0.1) is 0 Å². The number of amides is 1. The van der Waals surface area contributed by atoms with Crippen molar-refractivity contribution < 1.29 is 9.63 Å². The van der Waals surface area contributed by atoms with Crippen LogP contribution < -0.4 is 5.48 Å². The summed E-state index contributed by atoms with van der Waals surface area (Å²) in [6.45, 7) is 1.22. The average Bonchev–Trinajstić information content (AvgIpc) is 3.26. The van der Waals surface area contributed by atoms with Crippen molar-refractivity contribution in [3.05, 3.63) is 58.9 Å². The fourth-order valence-electron chi connectivity index (χ4n) is 3.03. The fourth-order valence-corrected chi connectivity index (χ4v) is 3.16.